The summed E-state index contributed by atoms with van der Waals surface area (Å²) >= 11 is 0. The lowest BCUT2D eigenvalue weighted by Crippen LogP contribution is -2.27. The highest BCUT2D eigenvalue weighted by Gasteiger charge is 2.37. The third-order valence-corrected chi connectivity index (χ3v) is 1.02. The van der Waals surface area contributed by atoms with Crippen LogP contribution < -0.4 is 0 Å². The van der Waals surface area contributed by atoms with E-state index >= 15 is 0 Å². The van der Waals surface area contributed by atoms with Crippen molar-refractivity contribution in [2.75, 3.05) is 0 Å². The van der Waals surface area contributed by atoms with Crippen LogP contribution in [0.1, 0.15) is 12.8 Å². The predicted octanol–water partition coefficient (Wildman–Crippen LogP) is 1.88. The Labute approximate surface area is 57.2 Å². The van der Waals surface area contributed by atoms with Gasteiger partial charge in [-0.15, -0.1) is 6.58 Å². The highest BCUT2D eigenvalue weighted by Crippen LogP contribution is 2.22. The molecular formula is C6H9F3O. The molecule has 4 heteroatoms. The van der Waals surface area contributed by atoms with E-state index in [9.17, 15) is 13.2 Å². The van der Waals surface area contributed by atoms with Crippen LogP contribution in [0, 0.1) is 0 Å². The van der Waals surface area contributed by atoms with Crippen molar-refractivity contribution in [2.24, 2.45) is 0 Å². The molecule has 0 aliphatic heterocycles. The Morgan fingerprint density at radius 3 is 2.30 bits per heavy atom. The molecule has 10 heavy (non-hydrogen) atoms. The molecular weight excluding hydrogens is 145 g/mol. The molecule has 1 N–H and O–H groups in total. The van der Waals surface area contributed by atoms with Crippen molar-refractivity contribution in [1.29, 1.82) is 0 Å². The number of rotatable bonds is 3. The Kier molecular flexibility index (Phi) is 3.42. The van der Waals surface area contributed by atoms with Crippen molar-refractivity contribution < 1.29 is 18.3 Å². The summed E-state index contributed by atoms with van der Waals surface area (Å²) in [5, 5.41) is 8.34. The quantitative estimate of drug-likeness (QED) is 0.615. The van der Waals surface area contributed by atoms with Gasteiger partial charge in [-0.05, 0) is 12.8 Å². The summed E-state index contributed by atoms with van der Waals surface area (Å²) in [5.74, 6) is 0. The van der Waals surface area contributed by atoms with Gasteiger partial charge >= 0.3 is 6.18 Å². The number of aliphatic hydroxyl groups is 1. The minimum Gasteiger partial charge on any atom is -0.384 e. The molecule has 0 heterocycles. The second-order valence-corrected chi connectivity index (χ2v) is 1.92. The normalized spacial score (nSPS) is 14.8. The summed E-state index contributed by atoms with van der Waals surface area (Å²) in [5.41, 5.74) is 0. The van der Waals surface area contributed by atoms with Crippen LogP contribution in [0.25, 0.3) is 0 Å². The largest absolute Gasteiger partial charge is 0.414 e. The van der Waals surface area contributed by atoms with E-state index in [1.165, 1.54) is 6.08 Å². The summed E-state index contributed by atoms with van der Waals surface area (Å²) in [6.07, 6.45) is -5.46. The molecule has 0 aromatic carbocycles. The van der Waals surface area contributed by atoms with Crippen LogP contribution in [0.15, 0.2) is 12.7 Å². The number of alkyl halides is 3. The van der Waals surface area contributed by atoms with Gasteiger partial charge in [0.25, 0.3) is 0 Å². The second-order valence-electron chi connectivity index (χ2n) is 1.92. The molecule has 0 aliphatic rings. The minimum absolute atomic E-state index is 0.181. The molecule has 0 aliphatic carbocycles. The van der Waals surface area contributed by atoms with Crippen molar-refractivity contribution in [3.8, 4) is 0 Å². The fourth-order valence-electron chi connectivity index (χ4n) is 0.439. The zero-order valence-corrected chi connectivity index (χ0v) is 5.36. The third-order valence-electron chi connectivity index (χ3n) is 1.02. The monoisotopic (exact) mass is 154 g/mol. The molecule has 1 nitrogen and oxygen atoms in total. The number of halogens is 3. The number of aliphatic hydroxyl groups excluding tert-OH is 1. The first-order valence-corrected chi connectivity index (χ1v) is 2.84. The topological polar surface area (TPSA) is 20.2 Å². The van der Waals surface area contributed by atoms with Gasteiger partial charge in [-0.2, -0.15) is 13.2 Å². The molecule has 0 amide bonds. The van der Waals surface area contributed by atoms with Gasteiger partial charge in [0.2, 0.25) is 0 Å². The molecule has 1 atom stereocenters. The van der Waals surface area contributed by atoms with Crippen LogP contribution in [0.3, 0.4) is 0 Å². The van der Waals surface area contributed by atoms with Crippen molar-refractivity contribution >= 4 is 0 Å². The van der Waals surface area contributed by atoms with E-state index in [2.05, 4.69) is 6.58 Å². The predicted molar refractivity (Wildman–Crippen MR) is 31.5 cm³/mol. The van der Waals surface area contributed by atoms with E-state index in [1.54, 1.807) is 0 Å². The smallest absolute Gasteiger partial charge is 0.384 e. The Hall–Kier alpha value is -0.510. The molecule has 0 spiro atoms. The van der Waals surface area contributed by atoms with E-state index < -0.39 is 12.3 Å². The molecule has 0 fully saturated rings. The van der Waals surface area contributed by atoms with Crippen LogP contribution in [-0.4, -0.2) is 17.4 Å². The van der Waals surface area contributed by atoms with Gasteiger partial charge in [-0.25, -0.2) is 0 Å². The molecule has 60 valence electrons. The van der Waals surface area contributed by atoms with E-state index in [-0.39, 0.29) is 12.8 Å². The van der Waals surface area contributed by atoms with Gasteiger partial charge in [-0.3, -0.25) is 0 Å². The first-order chi connectivity index (χ1) is 4.48. The highest BCUT2D eigenvalue weighted by atomic mass is 19.4. The minimum atomic E-state index is -4.48. The molecule has 0 unspecified atom stereocenters. The summed E-state index contributed by atoms with van der Waals surface area (Å²) in [7, 11) is 0. The lowest BCUT2D eigenvalue weighted by atomic mass is 10.2. The van der Waals surface area contributed by atoms with Gasteiger partial charge < -0.3 is 5.11 Å². The fraction of sp³-hybridized carbons (Fsp3) is 0.667. The van der Waals surface area contributed by atoms with E-state index in [0.29, 0.717) is 0 Å². The zero-order chi connectivity index (χ0) is 8.20. The van der Waals surface area contributed by atoms with Crippen molar-refractivity contribution in [3.05, 3.63) is 12.7 Å². The Bertz CT molecular complexity index is 108. The SMILES string of the molecule is C=CCC[C@@H](O)C(F)(F)F. The molecule has 0 saturated heterocycles. The average molecular weight is 154 g/mol. The summed E-state index contributed by atoms with van der Waals surface area (Å²) in [6.45, 7) is 3.24. The van der Waals surface area contributed by atoms with Gasteiger partial charge in [0, 0.05) is 0 Å². The standard InChI is InChI=1S/C6H9F3O/c1-2-3-4-5(10)6(7,8)9/h2,5,10H,1,3-4H2/t5-/m1/s1. The van der Waals surface area contributed by atoms with Crippen molar-refractivity contribution in [1.82, 2.24) is 0 Å². The van der Waals surface area contributed by atoms with Crippen molar-refractivity contribution in [2.45, 2.75) is 25.1 Å². The Balaban J connectivity index is 3.61. The lowest BCUT2D eigenvalue weighted by Gasteiger charge is -2.12. The molecule has 0 radical (unpaired) electrons. The average Bonchev–Trinajstić information content (AvgIpc) is 1.80. The van der Waals surface area contributed by atoms with Crippen molar-refractivity contribution in [3.63, 3.8) is 0 Å². The van der Waals surface area contributed by atoms with Gasteiger partial charge in [0.05, 0.1) is 0 Å². The summed E-state index contributed by atoms with van der Waals surface area (Å²) in [6, 6.07) is 0. The number of hydrogen-bond donors (Lipinski definition) is 1. The van der Waals surface area contributed by atoms with Gasteiger partial charge in [0.1, 0.15) is 6.10 Å². The van der Waals surface area contributed by atoms with E-state index in [1.807, 2.05) is 0 Å². The van der Waals surface area contributed by atoms with Crippen LogP contribution in [-0.2, 0) is 0 Å². The summed E-state index contributed by atoms with van der Waals surface area (Å²) in [4.78, 5) is 0. The molecule has 0 rings (SSSR count). The van der Waals surface area contributed by atoms with Crippen LogP contribution in [0.2, 0.25) is 0 Å². The maximum Gasteiger partial charge on any atom is 0.414 e. The van der Waals surface area contributed by atoms with Gasteiger partial charge in [-0.1, -0.05) is 6.08 Å². The maximum atomic E-state index is 11.5. The Morgan fingerprint density at radius 1 is 1.50 bits per heavy atom. The first-order valence-electron chi connectivity index (χ1n) is 2.84. The van der Waals surface area contributed by atoms with Gasteiger partial charge in [0.15, 0.2) is 0 Å². The second kappa shape index (κ2) is 3.61. The van der Waals surface area contributed by atoms with Crippen LogP contribution in [0.4, 0.5) is 13.2 Å². The van der Waals surface area contributed by atoms with E-state index in [4.69, 9.17) is 5.11 Å². The van der Waals surface area contributed by atoms with E-state index in [0.717, 1.165) is 0 Å². The number of allylic oxidation sites excluding steroid dienone is 1. The first kappa shape index (κ1) is 9.49. The zero-order valence-electron chi connectivity index (χ0n) is 5.36. The number of hydrogen-bond acceptors (Lipinski definition) is 1. The highest BCUT2D eigenvalue weighted by molar-refractivity contribution is 4.72. The summed E-state index contributed by atoms with van der Waals surface area (Å²) < 4.78 is 34.5. The lowest BCUT2D eigenvalue weighted by molar-refractivity contribution is -0.205. The van der Waals surface area contributed by atoms with Crippen LogP contribution in [0.5, 0.6) is 0 Å². The molecule has 0 bridgehead atoms. The Morgan fingerprint density at radius 2 is 2.00 bits per heavy atom. The van der Waals surface area contributed by atoms with Crippen LogP contribution >= 0.6 is 0 Å². The maximum absolute atomic E-state index is 11.5. The molecule has 0 aromatic rings. The molecule has 0 aromatic heterocycles. The third kappa shape index (κ3) is 3.50. The molecule has 0 saturated carbocycles. The fourth-order valence-corrected chi connectivity index (χ4v) is 0.439.